The van der Waals surface area contributed by atoms with E-state index in [1.165, 1.54) is 4.31 Å². The standard InChI is InChI=1S/C12H16N4O3S2/c1-15-5-6-16(7-9(15)8-17)21(18,19)11-4-2-3-10-12(11)14-20-13-10/h2-4,9,17H,5-8H2,1H3. The zero-order valence-electron chi connectivity index (χ0n) is 11.5. The molecule has 114 valence electrons. The van der Waals surface area contributed by atoms with Gasteiger partial charge >= 0.3 is 0 Å². The summed E-state index contributed by atoms with van der Waals surface area (Å²) in [7, 11) is -1.74. The van der Waals surface area contributed by atoms with E-state index >= 15 is 0 Å². The van der Waals surface area contributed by atoms with E-state index < -0.39 is 10.0 Å². The van der Waals surface area contributed by atoms with Gasteiger partial charge in [-0.05, 0) is 19.2 Å². The number of sulfonamides is 1. The van der Waals surface area contributed by atoms with Gasteiger partial charge in [-0.1, -0.05) is 6.07 Å². The minimum atomic E-state index is -3.63. The van der Waals surface area contributed by atoms with Crippen molar-refractivity contribution < 1.29 is 13.5 Å². The highest BCUT2D eigenvalue weighted by Gasteiger charge is 2.33. The summed E-state index contributed by atoms with van der Waals surface area (Å²) in [6.07, 6.45) is 0. The van der Waals surface area contributed by atoms with Gasteiger partial charge in [0.05, 0.1) is 18.3 Å². The summed E-state index contributed by atoms with van der Waals surface area (Å²) in [5, 5.41) is 9.37. The van der Waals surface area contributed by atoms with E-state index in [9.17, 15) is 13.5 Å². The second-order valence-corrected chi connectivity index (χ2v) is 7.50. The molecular weight excluding hydrogens is 312 g/mol. The fraction of sp³-hybridized carbons (Fsp3) is 0.500. The van der Waals surface area contributed by atoms with Crippen LogP contribution in [0.4, 0.5) is 0 Å². The first-order chi connectivity index (χ1) is 10.0. The second-order valence-electron chi connectivity index (χ2n) is 5.07. The molecular formula is C12H16N4O3S2. The highest BCUT2D eigenvalue weighted by molar-refractivity contribution is 7.89. The van der Waals surface area contributed by atoms with Crippen LogP contribution in [0.3, 0.4) is 0 Å². The Morgan fingerprint density at radius 2 is 2.19 bits per heavy atom. The number of aromatic nitrogens is 2. The predicted octanol–water partition coefficient (Wildman–Crippen LogP) is -0.0117. The Hall–Kier alpha value is -1.13. The molecule has 7 nitrogen and oxygen atoms in total. The zero-order chi connectivity index (χ0) is 15.0. The maximum atomic E-state index is 12.8. The van der Waals surface area contributed by atoms with Gasteiger partial charge in [-0.15, -0.1) is 0 Å². The van der Waals surface area contributed by atoms with E-state index in [1.807, 2.05) is 11.9 Å². The Kier molecular flexibility index (Phi) is 3.93. The van der Waals surface area contributed by atoms with Crippen molar-refractivity contribution in [3.8, 4) is 0 Å². The Morgan fingerprint density at radius 1 is 1.38 bits per heavy atom. The lowest BCUT2D eigenvalue weighted by Gasteiger charge is -2.37. The lowest BCUT2D eigenvalue weighted by molar-refractivity contribution is 0.0924. The number of piperazine rings is 1. The summed E-state index contributed by atoms with van der Waals surface area (Å²) in [5.74, 6) is 0. The van der Waals surface area contributed by atoms with Crippen LogP contribution in [0.5, 0.6) is 0 Å². The predicted molar refractivity (Wildman–Crippen MR) is 79.7 cm³/mol. The third kappa shape index (κ3) is 2.55. The van der Waals surface area contributed by atoms with Crippen molar-refractivity contribution in [1.29, 1.82) is 0 Å². The third-order valence-electron chi connectivity index (χ3n) is 3.82. The molecule has 21 heavy (non-hydrogen) atoms. The Bertz CT molecular complexity index is 746. The molecule has 0 aliphatic carbocycles. The zero-order valence-corrected chi connectivity index (χ0v) is 13.1. The summed E-state index contributed by atoms with van der Waals surface area (Å²) in [4.78, 5) is 2.16. The van der Waals surface area contributed by atoms with Crippen LogP contribution in [0.1, 0.15) is 0 Å². The van der Waals surface area contributed by atoms with Crippen LogP contribution in [-0.2, 0) is 10.0 Å². The van der Waals surface area contributed by atoms with Crippen LogP contribution in [0.25, 0.3) is 11.0 Å². The van der Waals surface area contributed by atoms with Gasteiger partial charge < -0.3 is 5.11 Å². The van der Waals surface area contributed by atoms with Gasteiger partial charge in [-0.25, -0.2) is 8.42 Å². The molecule has 0 saturated carbocycles. The monoisotopic (exact) mass is 328 g/mol. The molecule has 0 bridgehead atoms. The lowest BCUT2D eigenvalue weighted by Crippen LogP contribution is -2.54. The SMILES string of the molecule is CN1CCN(S(=O)(=O)c2cccc3nsnc23)CC1CO. The molecule has 1 atom stereocenters. The van der Waals surface area contributed by atoms with Crippen molar-refractivity contribution in [2.75, 3.05) is 33.3 Å². The number of hydrogen-bond acceptors (Lipinski definition) is 7. The van der Waals surface area contributed by atoms with Crippen LogP contribution in [0.2, 0.25) is 0 Å². The molecule has 9 heteroatoms. The lowest BCUT2D eigenvalue weighted by atomic mass is 10.2. The van der Waals surface area contributed by atoms with Crippen LogP contribution >= 0.6 is 11.7 Å². The average molecular weight is 328 g/mol. The Morgan fingerprint density at radius 3 is 2.95 bits per heavy atom. The number of hydrogen-bond donors (Lipinski definition) is 1. The molecule has 2 aromatic rings. The average Bonchev–Trinajstić information content (AvgIpc) is 2.95. The molecule has 0 spiro atoms. The van der Waals surface area contributed by atoms with Crippen molar-refractivity contribution in [3.63, 3.8) is 0 Å². The van der Waals surface area contributed by atoms with E-state index in [4.69, 9.17) is 0 Å². The molecule has 1 aliphatic rings. The van der Waals surface area contributed by atoms with Crippen LogP contribution in [0, 0.1) is 0 Å². The van der Waals surface area contributed by atoms with Gasteiger partial charge in [-0.2, -0.15) is 13.1 Å². The van der Waals surface area contributed by atoms with E-state index in [0.29, 0.717) is 24.1 Å². The number of rotatable bonds is 3. The first-order valence-corrected chi connectivity index (χ1v) is 8.73. The molecule has 0 radical (unpaired) electrons. The number of benzene rings is 1. The van der Waals surface area contributed by atoms with Gasteiger partial charge in [0.25, 0.3) is 0 Å². The fourth-order valence-electron chi connectivity index (χ4n) is 2.46. The molecule has 1 saturated heterocycles. The summed E-state index contributed by atoms with van der Waals surface area (Å²) in [6, 6.07) is 4.81. The summed E-state index contributed by atoms with van der Waals surface area (Å²) in [5.41, 5.74) is 1.01. The van der Waals surface area contributed by atoms with Crippen molar-refractivity contribution in [2.45, 2.75) is 10.9 Å². The molecule has 0 amide bonds. The molecule has 1 aromatic heterocycles. The smallest absolute Gasteiger partial charge is 0.245 e. The maximum Gasteiger partial charge on any atom is 0.245 e. The normalized spacial score (nSPS) is 21.9. The molecule has 2 heterocycles. The summed E-state index contributed by atoms with van der Waals surface area (Å²) >= 11 is 1.00. The maximum absolute atomic E-state index is 12.8. The minimum Gasteiger partial charge on any atom is -0.395 e. The largest absolute Gasteiger partial charge is 0.395 e. The van der Waals surface area contributed by atoms with Crippen LogP contribution < -0.4 is 0 Å². The van der Waals surface area contributed by atoms with Crippen molar-refractivity contribution in [2.24, 2.45) is 0 Å². The molecule has 1 fully saturated rings. The van der Waals surface area contributed by atoms with E-state index in [1.54, 1.807) is 18.2 Å². The highest BCUT2D eigenvalue weighted by Crippen LogP contribution is 2.25. The van der Waals surface area contributed by atoms with Crippen LogP contribution in [-0.4, -0.2) is 70.8 Å². The second kappa shape index (κ2) is 5.58. The summed E-state index contributed by atoms with van der Waals surface area (Å²) in [6.45, 7) is 1.22. The van der Waals surface area contributed by atoms with E-state index in [-0.39, 0.29) is 24.1 Å². The highest BCUT2D eigenvalue weighted by atomic mass is 32.2. The fourth-order valence-corrected chi connectivity index (χ4v) is 4.68. The Labute approximate surface area is 127 Å². The van der Waals surface area contributed by atoms with E-state index in [2.05, 4.69) is 8.75 Å². The third-order valence-corrected chi connectivity index (χ3v) is 6.26. The summed E-state index contributed by atoms with van der Waals surface area (Å²) < 4.78 is 35.3. The first kappa shape index (κ1) is 14.8. The van der Waals surface area contributed by atoms with Gasteiger partial charge in [0.1, 0.15) is 15.9 Å². The van der Waals surface area contributed by atoms with Crippen molar-refractivity contribution in [1.82, 2.24) is 18.0 Å². The van der Waals surface area contributed by atoms with Gasteiger partial charge in [0.2, 0.25) is 10.0 Å². The quantitative estimate of drug-likeness (QED) is 0.853. The Balaban J connectivity index is 1.99. The van der Waals surface area contributed by atoms with E-state index in [0.717, 1.165) is 11.7 Å². The number of fused-ring (bicyclic) bond motifs is 1. The number of aliphatic hydroxyl groups is 1. The molecule has 3 rings (SSSR count). The number of nitrogens with zero attached hydrogens (tertiary/aromatic N) is 4. The topological polar surface area (TPSA) is 86.6 Å². The van der Waals surface area contributed by atoms with Crippen molar-refractivity contribution in [3.05, 3.63) is 18.2 Å². The first-order valence-electron chi connectivity index (χ1n) is 6.56. The van der Waals surface area contributed by atoms with Crippen LogP contribution in [0.15, 0.2) is 23.1 Å². The van der Waals surface area contributed by atoms with Gasteiger partial charge in [0.15, 0.2) is 0 Å². The van der Waals surface area contributed by atoms with Gasteiger partial charge in [0, 0.05) is 25.7 Å². The number of aliphatic hydroxyl groups excluding tert-OH is 1. The van der Waals surface area contributed by atoms with Gasteiger partial charge in [-0.3, -0.25) is 4.90 Å². The molecule has 1 N–H and O–H groups in total. The van der Waals surface area contributed by atoms with Crippen molar-refractivity contribution >= 4 is 32.8 Å². The molecule has 1 unspecified atom stereocenters. The molecule has 1 aromatic carbocycles. The molecule has 1 aliphatic heterocycles. The minimum absolute atomic E-state index is 0.0645. The number of likely N-dealkylation sites (N-methyl/N-ethyl adjacent to an activating group) is 1.